The van der Waals surface area contributed by atoms with E-state index in [2.05, 4.69) is 10.7 Å². The zero-order valence-corrected chi connectivity index (χ0v) is 13.7. The number of hydrazine groups is 1. The van der Waals surface area contributed by atoms with Crippen molar-refractivity contribution in [2.24, 2.45) is 17.5 Å². The van der Waals surface area contributed by atoms with Crippen molar-refractivity contribution in [3.63, 3.8) is 0 Å². The molecule has 0 saturated heterocycles. The maximum absolute atomic E-state index is 12.1. The van der Waals surface area contributed by atoms with Crippen LogP contribution < -0.4 is 22.3 Å². The lowest BCUT2D eigenvalue weighted by atomic mass is 10.0. The Hall–Kier alpha value is -1.63. The van der Waals surface area contributed by atoms with Gasteiger partial charge in [-0.1, -0.05) is 44.2 Å². The maximum Gasteiger partial charge on any atom is 0.256 e. The SMILES string of the molecule is CC(C)CC(NC(=O)C(N)Cc1ccccc1)C(=O)NN.Cl. The molecule has 0 bridgehead atoms. The van der Waals surface area contributed by atoms with E-state index in [0.29, 0.717) is 12.8 Å². The van der Waals surface area contributed by atoms with Crippen LogP contribution >= 0.6 is 12.4 Å². The highest BCUT2D eigenvalue weighted by Crippen LogP contribution is 2.06. The summed E-state index contributed by atoms with van der Waals surface area (Å²) < 4.78 is 0. The molecule has 0 spiro atoms. The first-order chi connectivity index (χ1) is 9.93. The molecule has 2 unspecified atom stereocenters. The fraction of sp³-hybridized carbons (Fsp3) is 0.467. The van der Waals surface area contributed by atoms with Crippen LogP contribution in [0.15, 0.2) is 30.3 Å². The summed E-state index contributed by atoms with van der Waals surface area (Å²) in [5.74, 6) is 4.62. The van der Waals surface area contributed by atoms with Crippen molar-refractivity contribution in [2.45, 2.75) is 38.8 Å². The molecular formula is C15H25ClN4O2. The second kappa shape index (κ2) is 10.2. The summed E-state index contributed by atoms with van der Waals surface area (Å²) in [7, 11) is 0. The van der Waals surface area contributed by atoms with Crippen LogP contribution in [0.3, 0.4) is 0 Å². The van der Waals surface area contributed by atoms with Crippen LogP contribution in [0.4, 0.5) is 0 Å². The van der Waals surface area contributed by atoms with Gasteiger partial charge in [0.1, 0.15) is 6.04 Å². The largest absolute Gasteiger partial charge is 0.343 e. The van der Waals surface area contributed by atoms with Gasteiger partial charge in [-0.25, -0.2) is 5.84 Å². The van der Waals surface area contributed by atoms with Crippen molar-refractivity contribution in [2.75, 3.05) is 0 Å². The summed E-state index contributed by atoms with van der Waals surface area (Å²) in [5.41, 5.74) is 8.94. The molecule has 0 aliphatic carbocycles. The van der Waals surface area contributed by atoms with E-state index in [1.807, 2.05) is 44.2 Å². The minimum absolute atomic E-state index is 0. The Bertz CT molecular complexity index is 468. The third-order valence-electron chi connectivity index (χ3n) is 3.12. The smallest absolute Gasteiger partial charge is 0.256 e. The van der Waals surface area contributed by atoms with Crippen molar-refractivity contribution in [1.29, 1.82) is 0 Å². The summed E-state index contributed by atoms with van der Waals surface area (Å²) >= 11 is 0. The summed E-state index contributed by atoms with van der Waals surface area (Å²) in [6, 6.07) is 8.14. The molecule has 0 aromatic heterocycles. The minimum Gasteiger partial charge on any atom is -0.343 e. The summed E-state index contributed by atoms with van der Waals surface area (Å²) in [6.07, 6.45) is 0.929. The molecule has 22 heavy (non-hydrogen) atoms. The Morgan fingerprint density at radius 1 is 1.14 bits per heavy atom. The highest BCUT2D eigenvalue weighted by Gasteiger charge is 2.24. The number of amides is 2. The van der Waals surface area contributed by atoms with Gasteiger partial charge in [0.2, 0.25) is 5.91 Å². The second-order valence-corrected chi connectivity index (χ2v) is 5.50. The molecule has 6 N–H and O–H groups in total. The van der Waals surface area contributed by atoms with E-state index in [9.17, 15) is 9.59 Å². The number of halogens is 1. The molecule has 0 saturated carbocycles. The van der Waals surface area contributed by atoms with Crippen LogP contribution in [0, 0.1) is 5.92 Å². The van der Waals surface area contributed by atoms with Gasteiger partial charge < -0.3 is 11.1 Å². The fourth-order valence-electron chi connectivity index (χ4n) is 2.04. The van der Waals surface area contributed by atoms with E-state index in [-0.39, 0.29) is 24.2 Å². The summed E-state index contributed by atoms with van der Waals surface area (Å²) in [6.45, 7) is 3.93. The molecule has 0 radical (unpaired) electrons. The molecule has 7 heteroatoms. The number of rotatable bonds is 7. The number of hydrogen-bond acceptors (Lipinski definition) is 4. The molecule has 2 amide bonds. The molecule has 0 fully saturated rings. The third-order valence-corrected chi connectivity index (χ3v) is 3.12. The predicted octanol–water partition coefficient (Wildman–Crippen LogP) is 0.499. The van der Waals surface area contributed by atoms with Gasteiger partial charge in [0, 0.05) is 0 Å². The van der Waals surface area contributed by atoms with Crippen molar-refractivity contribution in [3.05, 3.63) is 35.9 Å². The van der Waals surface area contributed by atoms with Gasteiger partial charge in [-0.3, -0.25) is 15.0 Å². The van der Waals surface area contributed by atoms with E-state index in [4.69, 9.17) is 11.6 Å². The standard InChI is InChI=1S/C15H24N4O2.ClH/c1-10(2)8-13(15(21)19-17)18-14(20)12(16)9-11-6-4-3-5-7-11;/h3-7,10,12-13H,8-9,16-17H2,1-2H3,(H,18,20)(H,19,21);1H. The number of carbonyl (C=O) groups is 2. The first kappa shape index (κ1) is 20.4. The number of carbonyl (C=O) groups excluding carboxylic acids is 2. The monoisotopic (exact) mass is 328 g/mol. The van der Waals surface area contributed by atoms with Gasteiger partial charge in [0.05, 0.1) is 6.04 Å². The van der Waals surface area contributed by atoms with E-state index in [1.165, 1.54) is 0 Å². The number of nitrogens with one attached hydrogen (secondary N) is 2. The van der Waals surface area contributed by atoms with Gasteiger partial charge in [0.15, 0.2) is 0 Å². The van der Waals surface area contributed by atoms with E-state index < -0.39 is 18.0 Å². The van der Waals surface area contributed by atoms with Crippen LogP contribution in [0.25, 0.3) is 0 Å². The highest BCUT2D eigenvalue weighted by molar-refractivity contribution is 5.89. The van der Waals surface area contributed by atoms with Gasteiger partial charge in [-0.2, -0.15) is 0 Å². The van der Waals surface area contributed by atoms with Crippen molar-refractivity contribution >= 4 is 24.2 Å². The van der Waals surface area contributed by atoms with E-state index in [1.54, 1.807) is 0 Å². The van der Waals surface area contributed by atoms with Gasteiger partial charge >= 0.3 is 0 Å². The van der Waals surface area contributed by atoms with Gasteiger partial charge in [0.25, 0.3) is 5.91 Å². The molecule has 6 nitrogen and oxygen atoms in total. The number of hydrogen-bond donors (Lipinski definition) is 4. The molecule has 0 aliphatic rings. The van der Waals surface area contributed by atoms with Crippen molar-refractivity contribution in [1.82, 2.24) is 10.7 Å². The molecule has 0 aliphatic heterocycles. The Kier molecular flexibility index (Phi) is 9.40. The molecule has 2 atom stereocenters. The molecule has 1 aromatic carbocycles. The predicted molar refractivity (Wildman–Crippen MR) is 89.1 cm³/mol. The van der Waals surface area contributed by atoms with Gasteiger partial charge in [-0.05, 0) is 24.3 Å². The lowest BCUT2D eigenvalue weighted by Crippen LogP contribution is -2.53. The van der Waals surface area contributed by atoms with Crippen molar-refractivity contribution < 1.29 is 9.59 Å². The molecular weight excluding hydrogens is 304 g/mol. The third kappa shape index (κ3) is 6.89. The van der Waals surface area contributed by atoms with Crippen LogP contribution in [0.2, 0.25) is 0 Å². The lowest BCUT2D eigenvalue weighted by Gasteiger charge is -2.21. The van der Waals surface area contributed by atoms with Crippen LogP contribution in [-0.2, 0) is 16.0 Å². The molecule has 124 valence electrons. The first-order valence-corrected chi connectivity index (χ1v) is 7.04. The Morgan fingerprint density at radius 2 is 1.73 bits per heavy atom. The maximum atomic E-state index is 12.1. The molecule has 0 heterocycles. The van der Waals surface area contributed by atoms with Crippen LogP contribution in [-0.4, -0.2) is 23.9 Å². The van der Waals surface area contributed by atoms with E-state index >= 15 is 0 Å². The number of nitrogens with two attached hydrogens (primary N) is 2. The average Bonchev–Trinajstić information content (AvgIpc) is 2.46. The highest BCUT2D eigenvalue weighted by atomic mass is 35.5. The Balaban J connectivity index is 0.00000441. The van der Waals surface area contributed by atoms with Crippen LogP contribution in [0.1, 0.15) is 25.8 Å². The molecule has 1 aromatic rings. The van der Waals surface area contributed by atoms with Crippen molar-refractivity contribution in [3.8, 4) is 0 Å². The zero-order valence-electron chi connectivity index (χ0n) is 12.9. The number of benzene rings is 1. The van der Waals surface area contributed by atoms with E-state index in [0.717, 1.165) is 5.56 Å². The van der Waals surface area contributed by atoms with Gasteiger partial charge in [-0.15, -0.1) is 12.4 Å². The topological polar surface area (TPSA) is 110 Å². The summed E-state index contributed by atoms with van der Waals surface area (Å²) in [5, 5.41) is 2.66. The van der Waals surface area contributed by atoms with Crippen LogP contribution in [0.5, 0.6) is 0 Å². The zero-order chi connectivity index (χ0) is 15.8. The Morgan fingerprint density at radius 3 is 2.23 bits per heavy atom. The average molecular weight is 329 g/mol. The molecule has 1 rings (SSSR count). The lowest BCUT2D eigenvalue weighted by molar-refractivity contribution is -0.130. The second-order valence-electron chi connectivity index (χ2n) is 5.50. The minimum atomic E-state index is -0.701. The fourth-order valence-corrected chi connectivity index (χ4v) is 2.04. The Labute approximate surface area is 137 Å². The normalized spacial score (nSPS) is 13.0. The summed E-state index contributed by atoms with van der Waals surface area (Å²) in [4.78, 5) is 23.8. The first-order valence-electron chi connectivity index (χ1n) is 7.04. The quantitative estimate of drug-likeness (QED) is 0.332.